The fourth-order valence-corrected chi connectivity index (χ4v) is 3.93. The van der Waals surface area contributed by atoms with Gasteiger partial charge in [-0.25, -0.2) is 0 Å². The average Bonchev–Trinajstić information content (AvgIpc) is 3.52. The third-order valence-electron chi connectivity index (χ3n) is 5.54. The van der Waals surface area contributed by atoms with Crippen LogP contribution in [0.15, 0.2) is 47.0 Å². The van der Waals surface area contributed by atoms with Gasteiger partial charge in [-0.3, -0.25) is 9.89 Å². The van der Waals surface area contributed by atoms with Crippen molar-refractivity contribution >= 4 is 16.8 Å². The first kappa shape index (κ1) is 19.1. The van der Waals surface area contributed by atoms with Crippen molar-refractivity contribution in [3.63, 3.8) is 0 Å². The van der Waals surface area contributed by atoms with E-state index in [4.69, 9.17) is 14.0 Å². The predicted molar refractivity (Wildman–Crippen MR) is 112 cm³/mol. The smallest absolute Gasteiger partial charge is 0.279 e. The molecule has 0 spiro atoms. The van der Waals surface area contributed by atoms with Gasteiger partial charge in [0.15, 0.2) is 11.5 Å². The molecule has 1 saturated heterocycles. The van der Waals surface area contributed by atoms with E-state index in [-0.39, 0.29) is 11.8 Å². The predicted octanol–water partition coefficient (Wildman–Crippen LogP) is 3.15. The topological polar surface area (TPSA) is 106 Å². The maximum Gasteiger partial charge on any atom is 0.279 e. The Morgan fingerprint density at radius 1 is 1.19 bits per heavy atom. The Hall–Kier alpha value is -3.88. The van der Waals surface area contributed by atoms with E-state index in [1.807, 2.05) is 42.5 Å². The van der Waals surface area contributed by atoms with Crippen molar-refractivity contribution in [2.45, 2.75) is 18.9 Å². The average molecular weight is 419 g/mol. The number of aromatic amines is 1. The molecule has 1 fully saturated rings. The summed E-state index contributed by atoms with van der Waals surface area (Å²) in [6.45, 7) is 0.921. The first-order valence-electron chi connectivity index (χ1n) is 9.92. The Morgan fingerprint density at radius 3 is 2.90 bits per heavy atom. The highest BCUT2D eigenvalue weighted by Gasteiger charge is 2.34. The number of ether oxygens (including phenoxy) is 2. The minimum Gasteiger partial charge on any atom is -0.497 e. The molecule has 2 aromatic carbocycles. The molecule has 1 aliphatic heterocycles. The SMILES string of the molecule is COc1ccc(OC)c(CN2CC(c3noc(-c4n[nH]c5ccccc45)n3)CC2=O)c1. The molecule has 4 aromatic rings. The van der Waals surface area contributed by atoms with Gasteiger partial charge < -0.3 is 18.9 Å². The maximum absolute atomic E-state index is 12.7. The number of nitrogens with zero attached hydrogens (tertiary/aromatic N) is 4. The number of benzene rings is 2. The van der Waals surface area contributed by atoms with Crippen molar-refractivity contribution in [1.29, 1.82) is 0 Å². The van der Waals surface area contributed by atoms with E-state index in [1.54, 1.807) is 19.1 Å². The number of amides is 1. The van der Waals surface area contributed by atoms with Gasteiger partial charge in [-0.1, -0.05) is 23.4 Å². The van der Waals surface area contributed by atoms with Crippen molar-refractivity contribution < 1.29 is 18.8 Å². The standard InChI is InChI=1S/C22H21N5O4/c1-29-15-7-8-18(30-2)13(9-15)11-27-12-14(10-19(27)28)21-23-22(31-26-21)20-16-5-3-4-6-17(16)24-25-20/h3-9,14H,10-12H2,1-2H3,(H,24,25). The van der Waals surface area contributed by atoms with Crippen LogP contribution in [0.1, 0.15) is 23.7 Å². The van der Waals surface area contributed by atoms with Crippen LogP contribution in [-0.4, -0.2) is 51.9 Å². The van der Waals surface area contributed by atoms with Gasteiger partial charge in [0.05, 0.1) is 19.7 Å². The largest absolute Gasteiger partial charge is 0.497 e. The van der Waals surface area contributed by atoms with E-state index in [1.165, 1.54) is 0 Å². The van der Waals surface area contributed by atoms with E-state index in [0.29, 0.717) is 48.4 Å². The van der Waals surface area contributed by atoms with Crippen molar-refractivity contribution in [1.82, 2.24) is 25.2 Å². The molecular weight excluding hydrogens is 398 g/mol. The van der Waals surface area contributed by atoms with E-state index in [9.17, 15) is 4.79 Å². The monoisotopic (exact) mass is 419 g/mol. The summed E-state index contributed by atoms with van der Waals surface area (Å²) in [5.74, 6) is 2.17. The summed E-state index contributed by atoms with van der Waals surface area (Å²) < 4.78 is 16.2. The Labute approximate surface area is 178 Å². The molecule has 1 aliphatic rings. The van der Waals surface area contributed by atoms with Gasteiger partial charge in [-0.15, -0.1) is 0 Å². The van der Waals surface area contributed by atoms with Crippen LogP contribution in [-0.2, 0) is 11.3 Å². The van der Waals surface area contributed by atoms with Gasteiger partial charge in [0.2, 0.25) is 5.91 Å². The highest BCUT2D eigenvalue weighted by Crippen LogP contribution is 2.32. The van der Waals surface area contributed by atoms with Crippen LogP contribution in [0.5, 0.6) is 11.5 Å². The number of carbonyl (C=O) groups excluding carboxylic acids is 1. The van der Waals surface area contributed by atoms with Crippen molar-refractivity contribution in [2.24, 2.45) is 0 Å². The molecule has 2 aromatic heterocycles. The molecule has 31 heavy (non-hydrogen) atoms. The summed E-state index contributed by atoms with van der Waals surface area (Å²) in [6.07, 6.45) is 0.326. The van der Waals surface area contributed by atoms with Crippen molar-refractivity contribution in [2.75, 3.05) is 20.8 Å². The lowest BCUT2D eigenvalue weighted by molar-refractivity contribution is -0.128. The van der Waals surface area contributed by atoms with Crippen LogP contribution in [0.25, 0.3) is 22.5 Å². The number of hydrogen-bond acceptors (Lipinski definition) is 7. The molecule has 1 atom stereocenters. The summed E-state index contributed by atoms with van der Waals surface area (Å²) in [6, 6.07) is 13.3. The van der Waals surface area contributed by atoms with Crippen LogP contribution < -0.4 is 9.47 Å². The molecule has 158 valence electrons. The number of hydrogen-bond donors (Lipinski definition) is 1. The molecule has 1 unspecified atom stereocenters. The van der Waals surface area contributed by atoms with Crippen LogP contribution in [0.4, 0.5) is 0 Å². The second-order valence-corrected chi connectivity index (χ2v) is 7.43. The zero-order valence-corrected chi connectivity index (χ0v) is 17.2. The number of H-pyrrole nitrogens is 1. The van der Waals surface area contributed by atoms with Crippen molar-refractivity contribution in [3.05, 3.63) is 53.9 Å². The molecule has 0 aliphatic carbocycles. The fourth-order valence-electron chi connectivity index (χ4n) is 3.93. The van der Waals surface area contributed by atoms with Gasteiger partial charge in [-0.05, 0) is 24.3 Å². The molecule has 0 saturated carbocycles. The minimum absolute atomic E-state index is 0.0337. The number of para-hydroxylation sites is 1. The summed E-state index contributed by atoms with van der Waals surface area (Å²) >= 11 is 0. The van der Waals surface area contributed by atoms with Gasteiger partial charge >= 0.3 is 0 Å². The normalized spacial score (nSPS) is 16.3. The molecule has 1 amide bonds. The quantitative estimate of drug-likeness (QED) is 0.512. The zero-order valence-electron chi connectivity index (χ0n) is 17.2. The summed E-state index contributed by atoms with van der Waals surface area (Å²) in [5.41, 5.74) is 2.39. The Balaban J connectivity index is 1.35. The molecule has 5 rings (SSSR count). The lowest BCUT2D eigenvalue weighted by Gasteiger charge is -2.18. The number of likely N-dealkylation sites (tertiary alicyclic amines) is 1. The highest BCUT2D eigenvalue weighted by atomic mass is 16.5. The number of methoxy groups -OCH3 is 2. The van der Waals surface area contributed by atoms with Crippen LogP contribution in [0.3, 0.4) is 0 Å². The van der Waals surface area contributed by atoms with Crippen LogP contribution >= 0.6 is 0 Å². The lowest BCUT2D eigenvalue weighted by Crippen LogP contribution is -2.24. The summed E-state index contributed by atoms with van der Waals surface area (Å²) in [7, 11) is 3.22. The highest BCUT2D eigenvalue weighted by molar-refractivity contribution is 5.90. The van der Waals surface area contributed by atoms with E-state index < -0.39 is 0 Å². The fraction of sp³-hybridized carbons (Fsp3) is 0.273. The number of aromatic nitrogens is 4. The second kappa shape index (κ2) is 7.75. The molecular formula is C22H21N5O4. The minimum atomic E-state index is -0.146. The second-order valence-electron chi connectivity index (χ2n) is 7.43. The number of carbonyl (C=O) groups is 1. The number of rotatable bonds is 6. The Morgan fingerprint density at radius 2 is 2.06 bits per heavy atom. The van der Waals surface area contributed by atoms with Crippen LogP contribution in [0, 0.1) is 0 Å². The molecule has 0 radical (unpaired) electrons. The van der Waals surface area contributed by atoms with E-state index in [2.05, 4.69) is 20.3 Å². The van der Waals surface area contributed by atoms with E-state index >= 15 is 0 Å². The zero-order chi connectivity index (χ0) is 21.4. The third-order valence-corrected chi connectivity index (χ3v) is 5.54. The summed E-state index contributed by atoms with van der Waals surface area (Å²) in [4.78, 5) is 19.0. The summed E-state index contributed by atoms with van der Waals surface area (Å²) in [5, 5.41) is 12.3. The molecule has 9 nitrogen and oxygen atoms in total. The van der Waals surface area contributed by atoms with Gasteiger partial charge in [0.1, 0.15) is 11.5 Å². The lowest BCUT2D eigenvalue weighted by atomic mass is 10.1. The first-order valence-corrected chi connectivity index (χ1v) is 9.92. The molecule has 9 heteroatoms. The molecule has 0 bridgehead atoms. The molecule has 3 heterocycles. The number of nitrogens with one attached hydrogen (secondary N) is 1. The van der Waals surface area contributed by atoms with Gasteiger partial charge in [0.25, 0.3) is 5.89 Å². The first-order chi connectivity index (χ1) is 15.2. The van der Waals surface area contributed by atoms with Crippen LogP contribution in [0.2, 0.25) is 0 Å². The van der Waals surface area contributed by atoms with Gasteiger partial charge in [0, 0.05) is 36.4 Å². The Kier molecular flexibility index (Phi) is 4.78. The number of fused-ring (bicyclic) bond motifs is 1. The molecule has 1 N–H and O–H groups in total. The van der Waals surface area contributed by atoms with Gasteiger partial charge in [-0.2, -0.15) is 10.1 Å². The van der Waals surface area contributed by atoms with E-state index in [0.717, 1.165) is 16.5 Å². The van der Waals surface area contributed by atoms with Crippen molar-refractivity contribution in [3.8, 4) is 23.1 Å². The third kappa shape index (κ3) is 3.48. The maximum atomic E-state index is 12.7. The Bertz CT molecular complexity index is 1250.